The summed E-state index contributed by atoms with van der Waals surface area (Å²) in [5.41, 5.74) is 2.31. The third kappa shape index (κ3) is 2.77. The highest BCUT2D eigenvalue weighted by Crippen LogP contribution is 2.28. The van der Waals surface area contributed by atoms with Crippen LogP contribution >= 0.6 is 0 Å². The Labute approximate surface area is 124 Å². The summed E-state index contributed by atoms with van der Waals surface area (Å²) in [4.78, 5) is 20.4. The molecule has 21 heavy (non-hydrogen) atoms. The number of fused-ring (bicyclic) bond motifs is 1. The number of carbonyl (C=O) groups is 1. The lowest BCUT2D eigenvalue weighted by Crippen LogP contribution is -2.15. The van der Waals surface area contributed by atoms with Crippen molar-refractivity contribution in [3.8, 4) is 0 Å². The predicted molar refractivity (Wildman–Crippen MR) is 83.7 cm³/mol. The first-order valence-electron chi connectivity index (χ1n) is 7.74. The third-order valence-electron chi connectivity index (χ3n) is 4.40. The number of Topliss-reactive ketones (excluding diaryl/α,β-unsaturated/α-hetero) is 1. The molecular weight excluding hydrogens is 264 g/mol. The molecule has 5 nitrogen and oxygen atoms in total. The number of pyridine rings is 1. The van der Waals surface area contributed by atoms with E-state index in [-0.39, 0.29) is 5.78 Å². The number of nitrogens with one attached hydrogen (secondary N) is 1. The number of rotatable bonds is 4. The Kier molecular flexibility index (Phi) is 3.90. The molecule has 0 radical (unpaired) electrons. The van der Waals surface area contributed by atoms with E-state index >= 15 is 0 Å². The number of nitrogens with zero attached hydrogens (tertiary/aromatic N) is 3. The first-order chi connectivity index (χ1) is 10.2. The van der Waals surface area contributed by atoms with Gasteiger partial charge >= 0.3 is 0 Å². The Hall–Kier alpha value is -1.91. The Morgan fingerprint density at radius 1 is 1.38 bits per heavy atom. The van der Waals surface area contributed by atoms with Crippen LogP contribution in [0.15, 0.2) is 12.3 Å². The van der Waals surface area contributed by atoms with Crippen LogP contribution in [0.4, 0.5) is 5.95 Å². The summed E-state index contributed by atoms with van der Waals surface area (Å²) in [5.74, 6) is 1.58. The van der Waals surface area contributed by atoms with Crippen LogP contribution in [0.1, 0.15) is 49.4 Å². The van der Waals surface area contributed by atoms with E-state index in [2.05, 4.69) is 19.9 Å². The van der Waals surface area contributed by atoms with Gasteiger partial charge in [0.1, 0.15) is 0 Å². The zero-order chi connectivity index (χ0) is 14.8. The Bertz CT molecular complexity index is 656. The molecule has 0 atom stereocenters. The van der Waals surface area contributed by atoms with Crippen molar-refractivity contribution in [2.24, 2.45) is 5.92 Å². The highest BCUT2D eigenvalue weighted by atomic mass is 16.1. The third-order valence-corrected chi connectivity index (χ3v) is 4.40. The van der Waals surface area contributed by atoms with E-state index in [1.165, 1.54) is 32.1 Å². The van der Waals surface area contributed by atoms with Gasteiger partial charge in [0.25, 0.3) is 0 Å². The quantitative estimate of drug-likeness (QED) is 0.876. The van der Waals surface area contributed by atoms with Gasteiger partial charge in [0.2, 0.25) is 5.95 Å². The second-order valence-corrected chi connectivity index (χ2v) is 5.92. The largest absolute Gasteiger partial charge is 0.359 e. The maximum absolute atomic E-state index is 11.6. The Morgan fingerprint density at radius 3 is 2.81 bits per heavy atom. The van der Waals surface area contributed by atoms with Gasteiger partial charge in [-0.2, -0.15) is 4.98 Å². The van der Waals surface area contributed by atoms with E-state index in [9.17, 15) is 4.79 Å². The summed E-state index contributed by atoms with van der Waals surface area (Å²) in [6.07, 6.45) is 8.18. The summed E-state index contributed by atoms with van der Waals surface area (Å²) in [6, 6.07) is 1.92. The average molecular weight is 286 g/mol. The van der Waals surface area contributed by atoms with Crippen LogP contribution in [-0.4, -0.2) is 27.4 Å². The number of ketones is 1. The first kappa shape index (κ1) is 14.0. The number of imidazole rings is 1. The SMILES string of the molecule is CNc1nc2ncc(C(C)=O)cc2n1CC1CCCCC1. The number of aromatic nitrogens is 3. The molecule has 3 rings (SSSR count). The van der Waals surface area contributed by atoms with Crippen molar-refractivity contribution in [3.63, 3.8) is 0 Å². The van der Waals surface area contributed by atoms with Crippen molar-refractivity contribution >= 4 is 22.9 Å². The Morgan fingerprint density at radius 2 is 2.14 bits per heavy atom. The number of anilines is 1. The van der Waals surface area contributed by atoms with Gasteiger partial charge in [-0.15, -0.1) is 0 Å². The van der Waals surface area contributed by atoms with Crippen LogP contribution in [0.25, 0.3) is 11.2 Å². The van der Waals surface area contributed by atoms with E-state index in [1.807, 2.05) is 13.1 Å². The molecule has 0 spiro atoms. The zero-order valence-electron chi connectivity index (χ0n) is 12.7. The second kappa shape index (κ2) is 5.84. The van der Waals surface area contributed by atoms with Crippen molar-refractivity contribution in [1.29, 1.82) is 0 Å². The van der Waals surface area contributed by atoms with Crippen LogP contribution < -0.4 is 5.32 Å². The van der Waals surface area contributed by atoms with Crippen molar-refractivity contribution in [2.75, 3.05) is 12.4 Å². The molecule has 2 heterocycles. The molecule has 2 aromatic rings. The highest BCUT2D eigenvalue weighted by molar-refractivity contribution is 5.96. The van der Waals surface area contributed by atoms with Gasteiger partial charge in [0.05, 0.1) is 5.52 Å². The lowest BCUT2D eigenvalue weighted by Gasteiger charge is -2.23. The van der Waals surface area contributed by atoms with Crippen LogP contribution in [0, 0.1) is 5.92 Å². The van der Waals surface area contributed by atoms with Crippen molar-refractivity contribution in [2.45, 2.75) is 45.6 Å². The molecule has 0 aromatic carbocycles. The molecule has 0 bridgehead atoms. The highest BCUT2D eigenvalue weighted by Gasteiger charge is 2.18. The van der Waals surface area contributed by atoms with Crippen LogP contribution in [0.5, 0.6) is 0 Å². The maximum atomic E-state index is 11.6. The molecule has 1 aliphatic rings. The van der Waals surface area contributed by atoms with Gasteiger partial charge in [-0.25, -0.2) is 4.98 Å². The number of hydrogen-bond donors (Lipinski definition) is 1. The van der Waals surface area contributed by atoms with E-state index < -0.39 is 0 Å². The molecule has 0 unspecified atom stereocenters. The van der Waals surface area contributed by atoms with Gasteiger partial charge < -0.3 is 9.88 Å². The minimum absolute atomic E-state index is 0.0424. The van der Waals surface area contributed by atoms with Crippen LogP contribution in [-0.2, 0) is 6.54 Å². The van der Waals surface area contributed by atoms with E-state index in [1.54, 1.807) is 13.1 Å². The van der Waals surface area contributed by atoms with Crippen LogP contribution in [0.2, 0.25) is 0 Å². The Balaban J connectivity index is 2.00. The standard InChI is InChI=1S/C16H22N4O/c1-11(21)13-8-14-15(18-9-13)19-16(17-2)20(14)10-12-6-4-3-5-7-12/h8-9,12H,3-7,10H2,1-2H3,(H,17,18,19). The predicted octanol–water partition coefficient (Wildman–Crippen LogP) is 3.26. The molecule has 1 N–H and O–H groups in total. The molecule has 0 saturated heterocycles. The van der Waals surface area contributed by atoms with E-state index in [4.69, 9.17) is 0 Å². The zero-order valence-corrected chi connectivity index (χ0v) is 12.7. The first-order valence-corrected chi connectivity index (χ1v) is 7.74. The van der Waals surface area contributed by atoms with E-state index in [0.717, 1.165) is 18.0 Å². The summed E-state index contributed by atoms with van der Waals surface area (Å²) >= 11 is 0. The molecule has 0 amide bonds. The summed E-state index contributed by atoms with van der Waals surface area (Å²) in [6.45, 7) is 2.53. The van der Waals surface area contributed by atoms with E-state index in [0.29, 0.717) is 17.1 Å². The minimum Gasteiger partial charge on any atom is -0.359 e. The maximum Gasteiger partial charge on any atom is 0.205 e. The minimum atomic E-state index is 0.0424. The van der Waals surface area contributed by atoms with Gasteiger partial charge in [-0.05, 0) is 31.7 Å². The lowest BCUT2D eigenvalue weighted by molar-refractivity contribution is 0.101. The smallest absolute Gasteiger partial charge is 0.205 e. The molecule has 1 aliphatic carbocycles. The van der Waals surface area contributed by atoms with Crippen molar-refractivity contribution in [1.82, 2.24) is 14.5 Å². The van der Waals surface area contributed by atoms with Gasteiger partial charge in [0, 0.05) is 25.4 Å². The fraction of sp³-hybridized carbons (Fsp3) is 0.562. The van der Waals surface area contributed by atoms with Crippen molar-refractivity contribution in [3.05, 3.63) is 17.8 Å². The second-order valence-electron chi connectivity index (χ2n) is 5.92. The number of hydrogen-bond acceptors (Lipinski definition) is 4. The fourth-order valence-electron chi connectivity index (χ4n) is 3.20. The molecule has 112 valence electrons. The van der Waals surface area contributed by atoms with Crippen molar-refractivity contribution < 1.29 is 4.79 Å². The molecular formula is C16H22N4O. The molecule has 2 aromatic heterocycles. The summed E-state index contributed by atoms with van der Waals surface area (Å²) in [7, 11) is 1.88. The molecule has 0 aliphatic heterocycles. The topological polar surface area (TPSA) is 59.8 Å². The molecule has 5 heteroatoms. The summed E-state index contributed by atoms with van der Waals surface area (Å²) in [5, 5.41) is 3.15. The normalized spacial score (nSPS) is 16.3. The molecule has 1 saturated carbocycles. The van der Waals surface area contributed by atoms with Gasteiger partial charge in [0.15, 0.2) is 11.4 Å². The fourth-order valence-corrected chi connectivity index (χ4v) is 3.20. The van der Waals surface area contributed by atoms with Gasteiger partial charge in [-0.1, -0.05) is 19.3 Å². The monoisotopic (exact) mass is 286 g/mol. The summed E-state index contributed by atoms with van der Waals surface area (Å²) < 4.78 is 2.19. The average Bonchev–Trinajstić information content (AvgIpc) is 2.85. The molecule has 1 fully saturated rings. The number of carbonyl (C=O) groups excluding carboxylic acids is 1. The lowest BCUT2D eigenvalue weighted by atomic mass is 9.89. The van der Waals surface area contributed by atoms with Crippen LogP contribution in [0.3, 0.4) is 0 Å². The van der Waals surface area contributed by atoms with Gasteiger partial charge in [-0.3, -0.25) is 4.79 Å².